The molecule has 0 spiro atoms. The van der Waals surface area contributed by atoms with Crippen molar-refractivity contribution in [3.8, 4) is 0 Å². The van der Waals surface area contributed by atoms with Gasteiger partial charge in [-0.25, -0.2) is 4.98 Å². The maximum Gasteiger partial charge on any atom is 0.273 e. The van der Waals surface area contributed by atoms with Crippen molar-refractivity contribution in [3.63, 3.8) is 0 Å². The van der Waals surface area contributed by atoms with Crippen molar-refractivity contribution in [1.29, 1.82) is 0 Å². The van der Waals surface area contributed by atoms with Gasteiger partial charge in [-0.15, -0.1) is 0 Å². The number of oxazole rings is 1. The summed E-state index contributed by atoms with van der Waals surface area (Å²) in [5.74, 6) is 0.245. The molecule has 5 nitrogen and oxygen atoms in total. The van der Waals surface area contributed by atoms with Gasteiger partial charge in [0.2, 0.25) is 5.89 Å². The Labute approximate surface area is 193 Å². The van der Waals surface area contributed by atoms with Crippen LogP contribution in [-0.2, 0) is 13.1 Å². The highest BCUT2D eigenvalue weighted by Crippen LogP contribution is 2.28. The van der Waals surface area contributed by atoms with Gasteiger partial charge >= 0.3 is 0 Å². The molecule has 0 aliphatic heterocycles. The Kier molecular flexibility index (Phi) is 8.13. The standard InChI is InChI=1S/C24H27Cl2N3O2/c1-4-16(2)27-24(30)22-15-31-23(28-22)14-29(17(3)18-8-6-5-7-9-18)13-19-10-11-20(25)12-21(19)26/h5-12,15-17H,4,13-14H2,1-3H3,(H,27,30)/t16-,17-/m0/s1. The quantitative estimate of drug-likeness (QED) is 0.409. The van der Waals surface area contributed by atoms with Crippen LogP contribution in [0.5, 0.6) is 0 Å². The third kappa shape index (κ3) is 6.33. The summed E-state index contributed by atoms with van der Waals surface area (Å²) in [5.41, 5.74) is 2.40. The summed E-state index contributed by atoms with van der Waals surface area (Å²) in [6.45, 7) is 7.09. The number of halogens is 2. The Bertz CT molecular complexity index is 1010. The molecule has 0 fully saturated rings. The second-order valence-corrected chi connectivity index (χ2v) is 8.48. The molecule has 2 atom stereocenters. The number of carbonyl (C=O) groups excluding carboxylic acids is 1. The molecular formula is C24H27Cl2N3O2. The van der Waals surface area contributed by atoms with Crippen LogP contribution in [0.1, 0.15) is 60.7 Å². The van der Waals surface area contributed by atoms with Crippen molar-refractivity contribution in [2.75, 3.05) is 0 Å². The highest BCUT2D eigenvalue weighted by molar-refractivity contribution is 6.35. The lowest BCUT2D eigenvalue weighted by Crippen LogP contribution is -2.32. The zero-order chi connectivity index (χ0) is 22.4. The number of nitrogens with zero attached hydrogens (tertiary/aromatic N) is 2. The van der Waals surface area contributed by atoms with Crippen LogP contribution in [0.15, 0.2) is 59.2 Å². The van der Waals surface area contributed by atoms with E-state index >= 15 is 0 Å². The molecule has 1 N–H and O–H groups in total. The van der Waals surface area contributed by atoms with E-state index in [2.05, 4.69) is 34.3 Å². The van der Waals surface area contributed by atoms with Crippen LogP contribution in [0.4, 0.5) is 0 Å². The molecule has 3 rings (SSSR count). The maximum atomic E-state index is 12.4. The normalized spacial score (nSPS) is 13.2. The van der Waals surface area contributed by atoms with E-state index in [0.29, 0.717) is 29.0 Å². The number of rotatable bonds is 9. The number of benzene rings is 2. The van der Waals surface area contributed by atoms with Gasteiger partial charge in [0.1, 0.15) is 6.26 Å². The SMILES string of the molecule is CC[C@H](C)NC(=O)c1coc(CN(Cc2ccc(Cl)cc2Cl)[C@@H](C)c2ccccc2)n1. The number of hydrogen-bond donors (Lipinski definition) is 1. The molecule has 2 aromatic carbocycles. The molecule has 1 amide bonds. The van der Waals surface area contributed by atoms with E-state index in [1.54, 1.807) is 6.07 Å². The lowest BCUT2D eigenvalue weighted by Gasteiger charge is -2.28. The van der Waals surface area contributed by atoms with E-state index in [0.717, 1.165) is 17.5 Å². The molecule has 0 saturated heterocycles. The van der Waals surface area contributed by atoms with Crippen LogP contribution in [0.25, 0.3) is 0 Å². The number of aromatic nitrogens is 1. The van der Waals surface area contributed by atoms with Crippen molar-refractivity contribution < 1.29 is 9.21 Å². The van der Waals surface area contributed by atoms with E-state index in [1.165, 1.54) is 6.26 Å². The van der Waals surface area contributed by atoms with Crippen molar-refractivity contribution in [1.82, 2.24) is 15.2 Å². The van der Waals surface area contributed by atoms with Gasteiger partial charge in [-0.05, 0) is 43.5 Å². The lowest BCUT2D eigenvalue weighted by molar-refractivity contribution is 0.0934. The molecule has 0 bridgehead atoms. The van der Waals surface area contributed by atoms with Gasteiger partial charge < -0.3 is 9.73 Å². The first-order chi connectivity index (χ1) is 14.9. The van der Waals surface area contributed by atoms with Crippen molar-refractivity contribution in [3.05, 3.63) is 87.6 Å². The van der Waals surface area contributed by atoms with Crippen LogP contribution >= 0.6 is 23.2 Å². The Balaban J connectivity index is 1.82. The molecule has 31 heavy (non-hydrogen) atoms. The Morgan fingerprint density at radius 3 is 2.55 bits per heavy atom. The van der Waals surface area contributed by atoms with Crippen molar-refractivity contribution in [2.45, 2.75) is 52.4 Å². The molecule has 0 saturated carbocycles. The molecule has 1 aromatic heterocycles. The van der Waals surface area contributed by atoms with E-state index in [-0.39, 0.29) is 23.7 Å². The largest absolute Gasteiger partial charge is 0.447 e. The van der Waals surface area contributed by atoms with Gasteiger partial charge in [0, 0.05) is 28.7 Å². The summed E-state index contributed by atoms with van der Waals surface area (Å²) in [4.78, 5) is 19.0. The van der Waals surface area contributed by atoms with Crippen molar-refractivity contribution >= 4 is 29.1 Å². The number of hydrogen-bond acceptors (Lipinski definition) is 4. The van der Waals surface area contributed by atoms with Crippen LogP contribution < -0.4 is 5.32 Å². The molecule has 0 aliphatic carbocycles. The smallest absolute Gasteiger partial charge is 0.273 e. The highest BCUT2D eigenvalue weighted by Gasteiger charge is 2.21. The molecule has 164 valence electrons. The predicted octanol–water partition coefficient (Wildman–Crippen LogP) is 6.27. The molecule has 0 radical (unpaired) electrons. The van der Waals surface area contributed by atoms with Crippen LogP contribution in [0.2, 0.25) is 10.0 Å². The Morgan fingerprint density at radius 2 is 1.87 bits per heavy atom. The fraction of sp³-hybridized carbons (Fsp3) is 0.333. The van der Waals surface area contributed by atoms with Gasteiger partial charge in [0.25, 0.3) is 5.91 Å². The summed E-state index contributed by atoms with van der Waals surface area (Å²) >= 11 is 12.5. The monoisotopic (exact) mass is 459 g/mol. The van der Waals surface area contributed by atoms with Gasteiger partial charge in [-0.2, -0.15) is 0 Å². The maximum absolute atomic E-state index is 12.4. The lowest BCUT2D eigenvalue weighted by atomic mass is 10.1. The first-order valence-electron chi connectivity index (χ1n) is 10.4. The van der Waals surface area contributed by atoms with Crippen LogP contribution in [-0.4, -0.2) is 21.8 Å². The molecule has 0 aliphatic rings. The predicted molar refractivity (Wildman–Crippen MR) is 124 cm³/mol. The first kappa shape index (κ1) is 23.3. The van der Waals surface area contributed by atoms with Crippen molar-refractivity contribution in [2.24, 2.45) is 0 Å². The summed E-state index contributed by atoms with van der Waals surface area (Å²) in [6, 6.07) is 15.8. The van der Waals surface area contributed by atoms with Gasteiger partial charge in [-0.1, -0.05) is 66.5 Å². The number of amides is 1. The molecule has 3 aromatic rings. The fourth-order valence-electron chi connectivity index (χ4n) is 3.20. The zero-order valence-electron chi connectivity index (χ0n) is 17.9. The average Bonchev–Trinajstić information content (AvgIpc) is 3.23. The molecule has 0 unspecified atom stereocenters. The van der Waals surface area contributed by atoms with Crippen LogP contribution in [0.3, 0.4) is 0 Å². The zero-order valence-corrected chi connectivity index (χ0v) is 19.5. The van der Waals surface area contributed by atoms with Gasteiger partial charge in [-0.3, -0.25) is 9.69 Å². The third-order valence-corrected chi connectivity index (χ3v) is 5.92. The summed E-state index contributed by atoms with van der Waals surface area (Å²) in [5, 5.41) is 4.12. The van der Waals surface area contributed by atoms with E-state index in [9.17, 15) is 4.79 Å². The second-order valence-electron chi connectivity index (χ2n) is 7.64. The number of nitrogens with one attached hydrogen (secondary N) is 1. The molecular weight excluding hydrogens is 433 g/mol. The highest BCUT2D eigenvalue weighted by atomic mass is 35.5. The fourth-order valence-corrected chi connectivity index (χ4v) is 3.67. The minimum absolute atomic E-state index is 0.0669. The average molecular weight is 460 g/mol. The Hall–Kier alpha value is -2.34. The van der Waals surface area contributed by atoms with E-state index in [1.807, 2.05) is 44.2 Å². The van der Waals surface area contributed by atoms with Gasteiger partial charge in [0.05, 0.1) is 6.54 Å². The topological polar surface area (TPSA) is 58.4 Å². The first-order valence-corrected chi connectivity index (χ1v) is 11.1. The third-order valence-electron chi connectivity index (χ3n) is 5.33. The van der Waals surface area contributed by atoms with E-state index < -0.39 is 0 Å². The van der Waals surface area contributed by atoms with Gasteiger partial charge in [0.15, 0.2) is 5.69 Å². The minimum atomic E-state index is -0.229. The Morgan fingerprint density at radius 1 is 1.13 bits per heavy atom. The van der Waals surface area contributed by atoms with E-state index in [4.69, 9.17) is 27.6 Å². The summed E-state index contributed by atoms with van der Waals surface area (Å²) in [6.07, 6.45) is 2.26. The summed E-state index contributed by atoms with van der Waals surface area (Å²) < 4.78 is 5.64. The number of carbonyl (C=O) groups is 1. The minimum Gasteiger partial charge on any atom is -0.447 e. The second kappa shape index (κ2) is 10.8. The summed E-state index contributed by atoms with van der Waals surface area (Å²) in [7, 11) is 0. The molecule has 1 heterocycles. The van der Waals surface area contributed by atoms with Crippen LogP contribution in [0, 0.1) is 0 Å². The molecule has 7 heteroatoms.